The second-order valence-corrected chi connectivity index (χ2v) is 7.85. The highest BCUT2D eigenvalue weighted by Crippen LogP contribution is 2.33. The monoisotopic (exact) mass is 348 g/mol. The number of carbonyl (C=O) groups is 1. The number of anilines is 1. The Bertz CT molecular complexity index is 650. The Labute approximate surface area is 148 Å². The van der Waals surface area contributed by atoms with Crippen LogP contribution >= 0.6 is 0 Å². The van der Waals surface area contributed by atoms with Gasteiger partial charge in [-0.05, 0) is 44.2 Å². The number of carbonyl (C=O) groups excluding carboxylic acids is 1. The van der Waals surface area contributed by atoms with Gasteiger partial charge in [-0.2, -0.15) is 0 Å². The number of amides is 1. The number of nitro benzene ring substituents is 1. The maximum Gasteiger partial charge on any atom is 0.293 e. The summed E-state index contributed by atoms with van der Waals surface area (Å²) in [5, 5.41) is 14.4. The molecule has 0 aliphatic carbocycles. The molecule has 7 nitrogen and oxygen atoms in total. The van der Waals surface area contributed by atoms with Crippen LogP contribution in [0, 0.1) is 22.0 Å². The molecule has 1 saturated heterocycles. The number of nitrogens with two attached hydrogens (primary N) is 1. The Morgan fingerprint density at radius 2 is 1.96 bits per heavy atom. The van der Waals surface area contributed by atoms with E-state index in [4.69, 9.17) is 5.73 Å². The zero-order chi connectivity index (χ0) is 18.8. The van der Waals surface area contributed by atoms with Gasteiger partial charge in [0.2, 0.25) is 0 Å². The van der Waals surface area contributed by atoms with Crippen molar-refractivity contribution in [1.29, 1.82) is 0 Å². The van der Waals surface area contributed by atoms with E-state index in [1.165, 1.54) is 6.07 Å². The number of nitro groups is 1. The number of rotatable bonds is 5. The van der Waals surface area contributed by atoms with Gasteiger partial charge in [0, 0.05) is 36.8 Å². The van der Waals surface area contributed by atoms with Crippen LogP contribution in [-0.4, -0.2) is 36.0 Å². The molecule has 1 heterocycles. The normalized spacial score (nSPS) is 21.1. The average molecular weight is 348 g/mol. The number of hydrogen-bond donors (Lipinski definition) is 2. The van der Waals surface area contributed by atoms with Gasteiger partial charge >= 0.3 is 0 Å². The first-order chi connectivity index (χ1) is 11.6. The van der Waals surface area contributed by atoms with E-state index in [-0.39, 0.29) is 23.7 Å². The van der Waals surface area contributed by atoms with E-state index in [0.29, 0.717) is 17.5 Å². The van der Waals surface area contributed by atoms with Crippen LogP contribution in [0.3, 0.4) is 0 Å². The predicted molar refractivity (Wildman–Crippen MR) is 98.9 cm³/mol. The molecule has 1 aromatic rings. The van der Waals surface area contributed by atoms with E-state index in [9.17, 15) is 14.9 Å². The third-order valence-electron chi connectivity index (χ3n) is 4.61. The summed E-state index contributed by atoms with van der Waals surface area (Å²) in [5.74, 6) is 0.610. The highest BCUT2D eigenvalue weighted by atomic mass is 16.6. The first kappa shape index (κ1) is 19.2. The number of nitrogens with zero attached hydrogens (tertiary/aromatic N) is 2. The lowest BCUT2D eigenvalue weighted by Crippen LogP contribution is -2.48. The molecule has 7 heteroatoms. The lowest BCUT2D eigenvalue weighted by Gasteiger charge is -2.36. The molecule has 25 heavy (non-hydrogen) atoms. The number of hydrogen-bond acceptors (Lipinski definition) is 5. The third kappa shape index (κ3) is 4.69. The fourth-order valence-electron chi connectivity index (χ4n) is 3.37. The largest absolute Gasteiger partial charge is 0.365 e. The van der Waals surface area contributed by atoms with E-state index >= 15 is 0 Å². The van der Waals surface area contributed by atoms with Crippen LogP contribution in [0.25, 0.3) is 0 Å². The first-order valence-electron chi connectivity index (χ1n) is 8.69. The van der Waals surface area contributed by atoms with Gasteiger partial charge in [0.15, 0.2) is 0 Å². The second-order valence-electron chi connectivity index (χ2n) is 7.85. The number of piperidine rings is 1. The van der Waals surface area contributed by atoms with Crippen LogP contribution in [0.2, 0.25) is 0 Å². The standard InChI is InChI=1S/C18H28N4O3/c1-12-7-13(2)10-21(9-12)15-6-5-14(8-16(15)22(24)25)17(23)20-18(3,4)11-19/h5-6,8,12-13H,7,9-11,19H2,1-4H3,(H,20,23). The predicted octanol–water partition coefficient (Wildman–Crippen LogP) is 2.54. The minimum absolute atomic E-state index is 0.0282. The molecule has 1 aromatic carbocycles. The zero-order valence-electron chi connectivity index (χ0n) is 15.4. The SMILES string of the molecule is CC1CC(C)CN(c2ccc(C(=O)NC(C)(C)CN)cc2[N+](=O)[O-])C1. The lowest BCUT2D eigenvalue weighted by molar-refractivity contribution is -0.384. The zero-order valence-corrected chi connectivity index (χ0v) is 15.4. The van der Waals surface area contributed by atoms with Crippen LogP contribution in [0.4, 0.5) is 11.4 Å². The number of nitrogens with one attached hydrogen (secondary N) is 1. The van der Waals surface area contributed by atoms with Crippen molar-refractivity contribution in [1.82, 2.24) is 5.32 Å². The molecule has 138 valence electrons. The molecule has 0 spiro atoms. The van der Waals surface area contributed by atoms with E-state index in [1.54, 1.807) is 12.1 Å². The summed E-state index contributed by atoms with van der Waals surface area (Å²) in [4.78, 5) is 25.6. The first-order valence-corrected chi connectivity index (χ1v) is 8.69. The van der Waals surface area contributed by atoms with Crippen molar-refractivity contribution in [3.8, 4) is 0 Å². The summed E-state index contributed by atoms with van der Waals surface area (Å²) in [7, 11) is 0. The highest BCUT2D eigenvalue weighted by Gasteiger charge is 2.28. The molecule has 1 aliphatic rings. The summed E-state index contributed by atoms with van der Waals surface area (Å²) in [6.45, 7) is 9.79. The van der Waals surface area contributed by atoms with E-state index in [0.717, 1.165) is 19.5 Å². The molecule has 0 aromatic heterocycles. The Morgan fingerprint density at radius 3 is 2.48 bits per heavy atom. The topological polar surface area (TPSA) is 102 Å². The second kappa shape index (κ2) is 7.39. The summed E-state index contributed by atoms with van der Waals surface area (Å²) < 4.78 is 0. The molecule has 1 aliphatic heterocycles. The molecule has 3 N–H and O–H groups in total. The van der Waals surface area contributed by atoms with Crippen molar-refractivity contribution in [2.24, 2.45) is 17.6 Å². The van der Waals surface area contributed by atoms with Gasteiger partial charge in [0.05, 0.1) is 4.92 Å². The van der Waals surface area contributed by atoms with Gasteiger partial charge in [-0.15, -0.1) is 0 Å². The van der Waals surface area contributed by atoms with Crippen LogP contribution in [0.1, 0.15) is 44.5 Å². The van der Waals surface area contributed by atoms with Crippen LogP contribution in [0.15, 0.2) is 18.2 Å². The van der Waals surface area contributed by atoms with Gasteiger partial charge in [-0.25, -0.2) is 0 Å². The third-order valence-corrected chi connectivity index (χ3v) is 4.61. The highest BCUT2D eigenvalue weighted by molar-refractivity contribution is 5.96. The van der Waals surface area contributed by atoms with Crippen molar-refractivity contribution in [3.05, 3.63) is 33.9 Å². The Morgan fingerprint density at radius 1 is 1.36 bits per heavy atom. The smallest absolute Gasteiger partial charge is 0.293 e. The van der Waals surface area contributed by atoms with Gasteiger partial charge < -0.3 is 16.0 Å². The van der Waals surface area contributed by atoms with Crippen molar-refractivity contribution in [2.45, 2.75) is 39.7 Å². The Balaban J connectivity index is 2.32. The minimum Gasteiger partial charge on any atom is -0.365 e. The molecule has 0 saturated carbocycles. The maximum atomic E-state index is 12.4. The molecule has 0 bridgehead atoms. The minimum atomic E-state index is -0.567. The summed E-state index contributed by atoms with van der Waals surface area (Å²) >= 11 is 0. The van der Waals surface area contributed by atoms with Crippen molar-refractivity contribution in [2.75, 3.05) is 24.5 Å². The van der Waals surface area contributed by atoms with E-state index in [1.807, 2.05) is 13.8 Å². The van der Waals surface area contributed by atoms with E-state index < -0.39 is 10.5 Å². The molecule has 2 unspecified atom stereocenters. The molecule has 2 rings (SSSR count). The summed E-state index contributed by atoms with van der Waals surface area (Å²) in [5.41, 5.74) is 5.89. The molecule has 0 radical (unpaired) electrons. The molecular formula is C18H28N4O3. The Kier molecular flexibility index (Phi) is 5.67. The van der Waals surface area contributed by atoms with Crippen LogP contribution in [0.5, 0.6) is 0 Å². The Hall–Kier alpha value is -2.15. The van der Waals surface area contributed by atoms with Crippen LogP contribution < -0.4 is 16.0 Å². The molecule has 1 fully saturated rings. The van der Waals surface area contributed by atoms with Gasteiger partial charge in [-0.3, -0.25) is 14.9 Å². The summed E-state index contributed by atoms with van der Waals surface area (Å²) in [6.07, 6.45) is 1.12. The van der Waals surface area contributed by atoms with Crippen molar-refractivity contribution >= 4 is 17.3 Å². The summed E-state index contributed by atoms with van der Waals surface area (Å²) in [6, 6.07) is 4.70. The van der Waals surface area contributed by atoms with Crippen molar-refractivity contribution in [3.63, 3.8) is 0 Å². The van der Waals surface area contributed by atoms with Crippen molar-refractivity contribution < 1.29 is 9.72 Å². The molecule has 2 atom stereocenters. The molecular weight excluding hydrogens is 320 g/mol. The quantitative estimate of drug-likeness (QED) is 0.629. The molecule has 1 amide bonds. The van der Waals surface area contributed by atoms with Gasteiger partial charge in [-0.1, -0.05) is 13.8 Å². The lowest BCUT2D eigenvalue weighted by atomic mass is 9.91. The fourth-order valence-corrected chi connectivity index (χ4v) is 3.37. The van der Waals surface area contributed by atoms with Gasteiger partial charge in [0.25, 0.3) is 11.6 Å². The average Bonchev–Trinajstić information content (AvgIpc) is 2.52. The fraction of sp³-hybridized carbons (Fsp3) is 0.611. The van der Waals surface area contributed by atoms with Gasteiger partial charge in [0.1, 0.15) is 5.69 Å². The number of benzene rings is 1. The van der Waals surface area contributed by atoms with Crippen LogP contribution in [-0.2, 0) is 0 Å². The van der Waals surface area contributed by atoms with E-state index in [2.05, 4.69) is 24.1 Å². The maximum absolute atomic E-state index is 12.4.